The number of rotatable bonds is 3. The van der Waals surface area contributed by atoms with Gasteiger partial charge in [-0.2, -0.15) is 8.78 Å². The molecule has 0 fully saturated rings. The van der Waals surface area contributed by atoms with Crippen LogP contribution in [0.15, 0.2) is 35.2 Å². The molecule has 134 valence electrons. The monoisotopic (exact) mass is 384 g/mol. The number of fused-ring (bicyclic) bond motifs is 1. The molecule has 3 rings (SSSR count). The van der Waals surface area contributed by atoms with E-state index in [4.69, 9.17) is 4.74 Å². The topological polar surface area (TPSA) is 32.3 Å². The van der Waals surface area contributed by atoms with Crippen LogP contribution in [0, 0.1) is 11.6 Å². The van der Waals surface area contributed by atoms with Crippen LogP contribution in [0.25, 0.3) is 0 Å². The molecule has 0 aromatic heterocycles. The van der Waals surface area contributed by atoms with Gasteiger partial charge in [-0.25, -0.2) is 22.0 Å². The van der Waals surface area contributed by atoms with E-state index in [9.17, 15) is 35.3 Å². The van der Waals surface area contributed by atoms with E-state index in [1.54, 1.807) is 0 Å². The van der Waals surface area contributed by atoms with Crippen molar-refractivity contribution in [2.75, 3.05) is 0 Å². The van der Waals surface area contributed by atoms with E-state index in [1.807, 2.05) is 0 Å². The van der Waals surface area contributed by atoms with Crippen LogP contribution in [0.4, 0.5) is 30.7 Å². The maximum atomic E-state index is 13.7. The van der Waals surface area contributed by atoms with Gasteiger partial charge >= 0.3 is 5.25 Å². The molecule has 0 radical (unpaired) electrons. The molecule has 0 saturated heterocycles. The zero-order chi connectivity index (χ0) is 18.5. The van der Waals surface area contributed by atoms with E-state index < -0.39 is 68.2 Å². The maximum Gasteiger partial charge on any atom is 0.447 e. The Balaban J connectivity index is 2.12. The van der Waals surface area contributed by atoms with Crippen LogP contribution in [0.1, 0.15) is 23.7 Å². The number of benzene rings is 2. The minimum absolute atomic E-state index is 0.507. The van der Waals surface area contributed by atoms with Crippen molar-refractivity contribution in [3.05, 3.63) is 53.1 Å². The van der Waals surface area contributed by atoms with Gasteiger partial charge in [0.1, 0.15) is 28.7 Å². The molecule has 1 aliphatic heterocycles. The van der Waals surface area contributed by atoms with Crippen molar-refractivity contribution in [2.45, 2.75) is 22.7 Å². The van der Waals surface area contributed by atoms with Gasteiger partial charge in [-0.15, -0.1) is 0 Å². The van der Waals surface area contributed by atoms with Crippen LogP contribution in [0.2, 0.25) is 0 Å². The number of hydrogen-bond acceptors (Lipinski definition) is 2. The van der Waals surface area contributed by atoms with Crippen LogP contribution in [0.5, 0.6) is 11.5 Å². The predicted molar refractivity (Wildman–Crippen MR) is 73.0 cm³/mol. The Bertz CT molecular complexity index is 808. The molecule has 1 aliphatic rings. The molecule has 2 nitrogen and oxygen atoms in total. The molecule has 10 heteroatoms. The zero-order valence-corrected chi connectivity index (χ0v) is 12.7. The van der Waals surface area contributed by atoms with Gasteiger partial charge in [-0.1, -0.05) is 0 Å². The first-order valence-electron chi connectivity index (χ1n) is 6.65. The van der Waals surface area contributed by atoms with Crippen LogP contribution < -0.4 is 4.74 Å². The highest BCUT2D eigenvalue weighted by Crippen LogP contribution is 2.55. The van der Waals surface area contributed by atoms with Gasteiger partial charge in [-0.3, -0.25) is 0 Å². The molecule has 2 atom stereocenters. The lowest BCUT2D eigenvalue weighted by Crippen LogP contribution is -2.27. The lowest BCUT2D eigenvalue weighted by atomic mass is 10.1. The molecule has 0 bridgehead atoms. The Morgan fingerprint density at radius 3 is 2.24 bits per heavy atom. The van der Waals surface area contributed by atoms with Crippen LogP contribution >= 0.6 is 0 Å². The molecule has 0 N–H and O–H groups in total. The number of ether oxygens (including phenoxy) is 1. The largest absolute Gasteiger partial charge is 0.607 e. The smallest absolute Gasteiger partial charge is 0.447 e. The summed E-state index contributed by atoms with van der Waals surface area (Å²) in [5.74, 6) is -3.40. The summed E-state index contributed by atoms with van der Waals surface area (Å²) in [5, 5.41) is -4.37. The summed E-state index contributed by atoms with van der Waals surface area (Å²) in [5.41, 5.74) is -2.04. The third-order valence-electron chi connectivity index (χ3n) is 3.47. The SMILES string of the molecule is [O-][S@+]1c2c(ccc(Oc3cc(F)cc(F)c3)c2C(F)F)[C@@H](F)C1(F)F. The second-order valence-corrected chi connectivity index (χ2v) is 6.59. The Morgan fingerprint density at radius 2 is 1.68 bits per heavy atom. The molecule has 0 aliphatic carbocycles. The molecular weight excluding hydrogens is 377 g/mol. The van der Waals surface area contributed by atoms with E-state index in [0.717, 1.165) is 12.1 Å². The van der Waals surface area contributed by atoms with Gasteiger partial charge in [0.05, 0.1) is 16.7 Å². The average molecular weight is 384 g/mol. The number of halogens is 7. The van der Waals surface area contributed by atoms with Crippen LogP contribution in [-0.4, -0.2) is 9.81 Å². The third-order valence-corrected chi connectivity index (χ3v) is 5.00. The van der Waals surface area contributed by atoms with Gasteiger partial charge in [0.15, 0.2) is 4.90 Å². The van der Waals surface area contributed by atoms with Gasteiger partial charge in [0.25, 0.3) is 6.43 Å². The lowest BCUT2D eigenvalue weighted by Gasteiger charge is -2.16. The Morgan fingerprint density at radius 1 is 1.08 bits per heavy atom. The molecule has 25 heavy (non-hydrogen) atoms. The standard InChI is InChI=1S/C15H7F7O2S/c16-6-3-7(17)5-8(4-6)24-10-2-1-9-12(11(10)14(19)20)25(23)15(21,22)13(9)18/h1-5,13-14H/t13-,25-/m1/s1. The molecule has 0 saturated carbocycles. The van der Waals surface area contributed by atoms with Crippen molar-refractivity contribution >= 4 is 11.2 Å². The first-order valence-corrected chi connectivity index (χ1v) is 7.80. The van der Waals surface area contributed by atoms with E-state index >= 15 is 0 Å². The minimum Gasteiger partial charge on any atom is -0.607 e. The van der Waals surface area contributed by atoms with Crippen molar-refractivity contribution in [3.8, 4) is 11.5 Å². The van der Waals surface area contributed by atoms with Gasteiger partial charge in [0, 0.05) is 18.2 Å². The Kier molecular flexibility index (Phi) is 4.36. The molecule has 0 unspecified atom stereocenters. The summed E-state index contributed by atoms with van der Waals surface area (Å²) < 4.78 is 111. The highest BCUT2D eigenvalue weighted by atomic mass is 32.2. The maximum absolute atomic E-state index is 13.7. The van der Waals surface area contributed by atoms with Crippen molar-refractivity contribution < 1.29 is 40.0 Å². The zero-order valence-electron chi connectivity index (χ0n) is 11.9. The van der Waals surface area contributed by atoms with E-state index in [1.165, 1.54) is 0 Å². The van der Waals surface area contributed by atoms with Gasteiger partial charge in [-0.05, 0) is 12.1 Å². The fourth-order valence-corrected chi connectivity index (χ4v) is 3.79. The predicted octanol–water partition coefficient (Wildman–Crippen LogP) is 5.42. The van der Waals surface area contributed by atoms with Crippen molar-refractivity contribution in [3.63, 3.8) is 0 Å². The van der Waals surface area contributed by atoms with Crippen LogP contribution in [0.3, 0.4) is 0 Å². The molecule has 0 spiro atoms. The average Bonchev–Trinajstić information content (AvgIpc) is 2.67. The highest BCUT2D eigenvalue weighted by Gasteiger charge is 2.63. The lowest BCUT2D eigenvalue weighted by molar-refractivity contribution is 0.0102. The molecule has 0 amide bonds. The van der Waals surface area contributed by atoms with Crippen molar-refractivity contribution in [2.24, 2.45) is 0 Å². The fourth-order valence-electron chi connectivity index (χ4n) is 2.43. The third kappa shape index (κ3) is 2.93. The van der Waals surface area contributed by atoms with Crippen molar-refractivity contribution in [1.29, 1.82) is 0 Å². The molecular formula is C15H7F7O2S. The van der Waals surface area contributed by atoms with E-state index in [0.29, 0.717) is 18.2 Å². The fraction of sp³-hybridized carbons (Fsp3) is 0.200. The second kappa shape index (κ2) is 6.10. The van der Waals surface area contributed by atoms with Crippen LogP contribution in [-0.2, 0) is 11.2 Å². The number of hydrogen-bond donors (Lipinski definition) is 0. The summed E-state index contributed by atoms with van der Waals surface area (Å²) in [7, 11) is 0. The normalized spacial score (nSPS) is 21.5. The van der Waals surface area contributed by atoms with Crippen molar-refractivity contribution in [1.82, 2.24) is 0 Å². The molecule has 2 aromatic rings. The van der Waals surface area contributed by atoms with E-state index in [2.05, 4.69) is 0 Å². The summed E-state index contributed by atoms with van der Waals surface area (Å²) in [6.07, 6.45) is -6.45. The first kappa shape index (κ1) is 17.9. The van der Waals surface area contributed by atoms with E-state index in [-0.39, 0.29) is 0 Å². The summed E-state index contributed by atoms with van der Waals surface area (Å²) >= 11 is -3.36. The molecule has 1 heterocycles. The summed E-state index contributed by atoms with van der Waals surface area (Å²) in [4.78, 5) is -1.07. The first-order chi connectivity index (χ1) is 11.6. The summed E-state index contributed by atoms with van der Waals surface area (Å²) in [6, 6.07) is 3.35. The second-order valence-electron chi connectivity index (χ2n) is 5.10. The Hall–Kier alpha value is -1.94. The quantitative estimate of drug-likeness (QED) is 0.523. The molecule has 2 aromatic carbocycles. The number of alkyl halides is 5. The summed E-state index contributed by atoms with van der Waals surface area (Å²) in [6.45, 7) is 0. The van der Waals surface area contributed by atoms with Gasteiger partial charge < -0.3 is 9.29 Å². The van der Waals surface area contributed by atoms with Gasteiger partial charge in [0.2, 0.25) is 6.17 Å². The minimum atomic E-state index is -4.37. The highest BCUT2D eigenvalue weighted by molar-refractivity contribution is 7.93. The Labute approximate surface area is 139 Å².